The Morgan fingerprint density at radius 2 is 2.12 bits per heavy atom. The smallest absolute Gasteiger partial charge is 0.209 e. The van der Waals surface area contributed by atoms with Gasteiger partial charge in [-0.3, -0.25) is 4.79 Å². The fourth-order valence-corrected chi connectivity index (χ4v) is 2.72. The summed E-state index contributed by atoms with van der Waals surface area (Å²) < 4.78 is 12.9. The third-order valence-electron chi connectivity index (χ3n) is 3.74. The third-order valence-corrected chi connectivity index (χ3v) is 3.74. The standard InChI is InChI=1S/C14H18FNO/c1-2-11-9-16(10-17)8-7-14(11)12-3-5-13(15)6-4-12/h3-6,10-11,14H,2,7-9H2,1H3. The highest BCUT2D eigenvalue weighted by Crippen LogP contribution is 2.34. The highest BCUT2D eigenvalue weighted by molar-refractivity contribution is 5.47. The van der Waals surface area contributed by atoms with Crippen LogP contribution in [-0.4, -0.2) is 24.4 Å². The summed E-state index contributed by atoms with van der Waals surface area (Å²) in [5, 5.41) is 0. The Bertz CT molecular complexity index is 376. The fourth-order valence-electron chi connectivity index (χ4n) is 2.72. The Morgan fingerprint density at radius 3 is 2.71 bits per heavy atom. The van der Waals surface area contributed by atoms with E-state index in [-0.39, 0.29) is 5.82 Å². The lowest BCUT2D eigenvalue weighted by atomic mass is 9.79. The van der Waals surface area contributed by atoms with Crippen LogP contribution in [0.5, 0.6) is 0 Å². The Kier molecular flexibility index (Phi) is 3.77. The quantitative estimate of drug-likeness (QED) is 0.738. The number of nitrogens with zero attached hydrogens (tertiary/aromatic N) is 1. The van der Waals surface area contributed by atoms with Gasteiger partial charge in [-0.2, -0.15) is 0 Å². The van der Waals surface area contributed by atoms with Crippen molar-refractivity contribution in [2.24, 2.45) is 5.92 Å². The number of amides is 1. The molecule has 1 amide bonds. The zero-order valence-electron chi connectivity index (χ0n) is 10.1. The van der Waals surface area contributed by atoms with Gasteiger partial charge in [0.25, 0.3) is 0 Å². The molecule has 1 heterocycles. The molecule has 3 heteroatoms. The van der Waals surface area contributed by atoms with Crippen molar-refractivity contribution in [3.8, 4) is 0 Å². The molecule has 1 fully saturated rings. The van der Waals surface area contributed by atoms with Crippen molar-refractivity contribution in [2.45, 2.75) is 25.7 Å². The summed E-state index contributed by atoms with van der Waals surface area (Å²) in [6.07, 6.45) is 2.96. The fraction of sp³-hybridized carbons (Fsp3) is 0.500. The second-order valence-corrected chi connectivity index (χ2v) is 4.72. The maximum absolute atomic E-state index is 12.9. The molecule has 2 unspecified atom stereocenters. The van der Waals surface area contributed by atoms with Gasteiger partial charge in [-0.1, -0.05) is 25.5 Å². The lowest BCUT2D eigenvalue weighted by Gasteiger charge is -2.36. The van der Waals surface area contributed by atoms with Gasteiger partial charge in [-0.25, -0.2) is 4.39 Å². The number of piperidine rings is 1. The zero-order chi connectivity index (χ0) is 12.3. The van der Waals surface area contributed by atoms with Gasteiger partial charge in [-0.15, -0.1) is 0 Å². The minimum Gasteiger partial charge on any atom is -0.345 e. The van der Waals surface area contributed by atoms with Crippen LogP contribution >= 0.6 is 0 Å². The minimum atomic E-state index is -0.188. The summed E-state index contributed by atoms with van der Waals surface area (Å²) in [7, 11) is 0. The molecule has 0 aromatic heterocycles. The van der Waals surface area contributed by atoms with E-state index in [1.807, 2.05) is 17.0 Å². The maximum atomic E-state index is 12.9. The summed E-state index contributed by atoms with van der Waals surface area (Å²) in [6, 6.07) is 6.79. The molecule has 1 saturated heterocycles. The van der Waals surface area contributed by atoms with Crippen molar-refractivity contribution in [1.29, 1.82) is 0 Å². The Morgan fingerprint density at radius 1 is 1.41 bits per heavy atom. The summed E-state index contributed by atoms with van der Waals surface area (Å²) in [4.78, 5) is 12.6. The van der Waals surface area contributed by atoms with Crippen LogP contribution in [0.15, 0.2) is 24.3 Å². The van der Waals surface area contributed by atoms with Gasteiger partial charge in [0.15, 0.2) is 0 Å². The molecular formula is C14H18FNO. The Hall–Kier alpha value is -1.38. The van der Waals surface area contributed by atoms with Crippen LogP contribution in [0.25, 0.3) is 0 Å². The van der Waals surface area contributed by atoms with E-state index >= 15 is 0 Å². The highest BCUT2D eigenvalue weighted by Gasteiger charge is 2.28. The molecule has 2 rings (SSSR count). The zero-order valence-corrected chi connectivity index (χ0v) is 10.1. The molecule has 0 saturated carbocycles. The third kappa shape index (κ3) is 2.65. The Labute approximate surface area is 101 Å². The van der Waals surface area contributed by atoms with E-state index in [0.29, 0.717) is 11.8 Å². The van der Waals surface area contributed by atoms with E-state index in [1.165, 1.54) is 17.7 Å². The molecule has 17 heavy (non-hydrogen) atoms. The van der Waals surface area contributed by atoms with Crippen LogP contribution < -0.4 is 0 Å². The van der Waals surface area contributed by atoms with Gasteiger partial charge in [0, 0.05) is 13.1 Å². The number of benzene rings is 1. The number of carbonyl (C=O) groups is 1. The van der Waals surface area contributed by atoms with E-state index in [4.69, 9.17) is 0 Å². The van der Waals surface area contributed by atoms with E-state index in [9.17, 15) is 9.18 Å². The van der Waals surface area contributed by atoms with E-state index in [2.05, 4.69) is 6.92 Å². The molecule has 2 nitrogen and oxygen atoms in total. The number of carbonyl (C=O) groups excluding carboxylic acids is 1. The predicted octanol–water partition coefficient (Wildman–Crippen LogP) is 2.80. The van der Waals surface area contributed by atoms with Gasteiger partial charge in [-0.05, 0) is 36.0 Å². The number of hydrogen-bond donors (Lipinski definition) is 0. The number of rotatable bonds is 3. The minimum absolute atomic E-state index is 0.188. The number of likely N-dealkylation sites (tertiary alicyclic amines) is 1. The van der Waals surface area contributed by atoms with Crippen molar-refractivity contribution in [3.05, 3.63) is 35.6 Å². The summed E-state index contributed by atoms with van der Waals surface area (Å²) in [5.41, 5.74) is 1.20. The van der Waals surface area contributed by atoms with Gasteiger partial charge in [0.2, 0.25) is 6.41 Å². The van der Waals surface area contributed by atoms with Gasteiger partial charge in [0.1, 0.15) is 5.82 Å². The molecule has 0 N–H and O–H groups in total. The molecule has 1 aromatic carbocycles. The molecule has 0 bridgehead atoms. The molecule has 0 spiro atoms. The number of hydrogen-bond acceptors (Lipinski definition) is 1. The van der Waals surface area contributed by atoms with Crippen LogP contribution in [0.1, 0.15) is 31.2 Å². The molecule has 0 radical (unpaired) electrons. The van der Waals surface area contributed by atoms with Gasteiger partial charge >= 0.3 is 0 Å². The first-order valence-corrected chi connectivity index (χ1v) is 6.19. The first-order valence-electron chi connectivity index (χ1n) is 6.19. The molecule has 92 valence electrons. The van der Waals surface area contributed by atoms with Crippen molar-refractivity contribution < 1.29 is 9.18 Å². The summed E-state index contributed by atoms with van der Waals surface area (Å²) in [5.74, 6) is 0.753. The van der Waals surface area contributed by atoms with Crippen molar-refractivity contribution in [3.63, 3.8) is 0 Å². The lowest BCUT2D eigenvalue weighted by molar-refractivity contribution is -0.120. The summed E-state index contributed by atoms with van der Waals surface area (Å²) in [6.45, 7) is 3.78. The molecule has 0 aliphatic carbocycles. The van der Waals surface area contributed by atoms with Crippen LogP contribution in [0.4, 0.5) is 4.39 Å². The van der Waals surface area contributed by atoms with E-state index in [0.717, 1.165) is 32.3 Å². The predicted molar refractivity (Wildman–Crippen MR) is 65.2 cm³/mol. The van der Waals surface area contributed by atoms with E-state index < -0.39 is 0 Å². The number of halogens is 1. The average molecular weight is 235 g/mol. The normalized spacial score (nSPS) is 24.7. The highest BCUT2D eigenvalue weighted by atomic mass is 19.1. The molecule has 1 aromatic rings. The maximum Gasteiger partial charge on any atom is 0.209 e. The monoisotopic (exact) mass is 235 g/mol. The first-order chi connectivity index (χ1) is 8.24. The SMILES string of the molecule is CCC1CN(C=O)CCC1c1ccc(F)cc1. The lowest BCUT2D eigenvalue weighted by Crippen LogP contribution is -2.38. The second-order valence-electron chi connectivity index (χ2n) is 4.72. The molecular weight excluding hydrogens is 217 g/mol. The van der Waals surface area contributed by atoms with Crippen LogP contribution in [0.2, 0.25) is 0 Å². The van der Waals surface area contributed by atoms with Crippen molar-refractivity contribution in [1.82, 2.24) is 4.90 Å². The van der Waals surface area contributed by atoms with Crippen molar-refractivity contribution >= 4 is 6.41 Å². The van der Waals surface area contributed by atoms with Gasteiger partial charge in [0.05, 0.1) is 0 Å². The molecule has 2 atom stereocenters. The van der Waals surface area contributed by atoms with Gasteiger partial charge < -0.3 is 4.90 Å². The topological polar surface area (TPSA) is 20.3 Å². The summed E-state index contributed by atoms with van der Waals surface area (Å²) >= 11 is 0. The average Bonchev–Trinajstić information content (AvgIpc) is 2.39. The van der Waals surface area contributed by atoms with Crippen LogP contribution in [0.3, 0.4) is 0 Å². The van der Waals surface area contributed by atoms with Crippen LogP contribution in [0, 0.1) is 11.7 Å². The first kappa shape index (κ1) is 12.1. The molecule has 1 aliphatic heterocycles. The van der Waals surface area contributed by atoms with Crippen molar-refractivity contribution in [2.75, 3.05) is 13.1 Å². The second kappa shape index (κ2) is 5.30. The van der Waals surface area contributed by atoms with E-state index in [1.54, 1.807) is 0 Å². The Balaban J connectivity index is 2.14. The largest absolute Gasteiger partial charge is 0.345 e. The molecule has 1 aliphatic rings. The van der Waals surface area contributed by atoms with Crippen LogP contribution in [-0.2, 0) is 4.79 Å².